The van der Waals surface area contributed by atoms with Crippen LogP contribution in [0, 0.1) is 0 Å². The lowest BCUT2D eigenvalue weighted by molar-refractivity contribution is -0.138. The van der Waals surface area contributed by atoms with Gasteiger partial charge in [0.1, 0.15) is 0 Å². The van der Waals surface area contributed by atoms with Crippen LogP contribution in [0.5, 0.6) is 0 Å². The molecule has 1 N–H and O–H groups in total. The molecule has 0 radical (unpaired) electrons. The molecule has 0 bridgehead atoms. The molecule has 1 aliphatic heterocycles. The zero-order valence-corrected chi connectivity index (χ0v) is 12.4. The molecular weight excluding hydrogens is 254 g/mol. The van der Waals surface area contributed by atoms with Crippen molar-refractivity contribution in [1.29, 1.82) is 0 Å². The van der Waals surface area contributed by atoms with Gasteiger partial charge in [0.15, 0.2) is 0 Å². The molecule has 0 spiro atoms. The topological polar surface area (TPSA) is 49.8 Å². The molecule has 1 aromatic carbocycles. The van der Waals surface area contributed by atoms with Gasteiger partial charge in [-0.05, 0) is 38.4 Å². The number of rotatable bonds is 5. The smallest absolute Gasteiger partial charge is 0.310 e. The molecule has 4 nitrogen and oxygen atoms in total. The van der Waals surface area contributed by atoms with Crippen LogP contribution in [0.25, 0.3) is 0 Å². The van der Waals surface area contributed by atoms with E-state index in [0.717, 1.165) is 25.1 Å². The van der Waals surface area contributed by atoms with Gasteiger partial charge in [0.2, 0.25) is 0 Å². The summed E-state index contributed by atoms with van der Waals surface area (Å²) in [5, 5.41) is 9.00. The maximum absolute atomic E-state index is 11.0. The van der Waals surface area contributed by atoms with E-state index in [1.807, 2.05) is 24.3 Å². The minimum absolute atomic E-state index is 0.284. The van der Waals surface area contributed by atoms with Gasteiger partial charge in [-0.15, -0.1) is 0 Å². The maximum Gasteiger partial charge on any atom is 0.310 e. The number of carboxylic acids is 1. The van der Waals surface area contributed by atoms with E-state index >= 15 is 0 Å². The number of hydrogen-bond donors (Lipinski definition) is 1. The largest absolute Gasteiger partial charge is 0.481 e. The number of carboxylic acid groups (broad SMARTS) is 1. The van der Waals surface area contributed by atoms with Crippen molar-refractivity contribution in [3.8, 4) is 0 Å². The molecule has 0 amide bonds. The zero-order chi connectivity index (χ0) is 14.7. The predicted octanol–water partition coefficient (Wildman–Crippen LogP) is 2.48. The summed E-state index contributed by atoms with van der Waals surface area (Å²) in [5.41, 5.74) is 2.05. The molecule has 1 saturated heterocycles. The van der Waals surface area contributed by atoms with Gasteiger partial charge in [-0.2, -0.15) is 0 Å². The van der Waals surface area contributed by atoms with E-state index in [4.69, 9.17) is 9.84 Å². The molecule has 0 aromatic heterocycles. The van der Waals surface area contributed by atoms with Gasteiger partial charge in [-0.1, -0.05) is 24.3 Å². The number of ether oxygens (including phenoxy) is 1. The SMILES string of the molecule is CC(C(=O)O)c1ccc(CN(C)C2CCOC2C)cc1. The average molecular weight is 277 g/mol. The lowest BCUT2D eigenvalue weighted by Gasteiger charge is -2.26. The Balaban J connectivity index is 1.98. The van der Waals surface area contributed by atoms with Crippen molar-refractivity contribution in [3.63, 3.8) is 0 Å². The lowest BCUT2D eigenvalue weighted by Crippen LogP contribution is -2.36. The maximum atomic E-state index is 11.0. The molecule has 0 aliphatic carbocycles. The molecule has 3 unspecified atom stereocenters. The van der Waals surface area contributed by atoms with Gasteiger partial charge in [0, 0.05) is 19.2 Å². The minimum Gasteiger partial charge on any atom is -0.481 e. The van der Waals surface area contributed by atoms with Crippen molar-refractivity contribution in [2.24, 2.45) is 0 Å². The van der Waals surface area contributed by atoms with Crippen molar-refractivity contribution >= 4 is 5.97 Å². The monoisotopic (exact) mass is 277 g/mol. The van der Waals surface area contributed by atoms with E-state index in [1.165, 1.54) is 5.56 Å². The second kappa shape index (κ2) is 6.37. The number of aliphatic carboxylic acids is 1. The van der Waals surface area contributed by atoms with Crippen LogP contribution >= 0.6 is 0 Å². The molecule has 110 valence electrons. The van der Waals surface area contributed by atoms with Crippen molar-refractivity contribution < 1.29 is 14.6 Å². The van der Waals surface area contributed by atoms with Crippen LogP contribution in [0.3, 0.4) is 0 Å². The molecular formula is C16H23NO3. The van der Waals surface area contributed by atoms with Crippen LogP contribution in [0.15, 0.2) is 24.3 Å². The molecule has 1 heterocycles. The van der Waals surface area contributed by atoms with Crippen molar-refractivity contribution in [2.45, 2.75) is 44.9 Å². The quantitative estimate of drug-likeness (QED) is 0.898. The van der Waals surface area contributed by atoms with Crippen LogP contribution in [0.4, 0.5) is 0 Å². The van der Waals surface area contributed by atoms with Crippen molar-refractivity contribution in [1.82, 2.24) is 4.90 Å². The second-order valence-corrected chi connectivity index (χ2v) is 5.65. The highest BCUT2D eigenvalue weighted by Crippen LogP contribution is 2.21. The molecule has 3 atom stereocenters. The van der Waals surface area contributed by atoms with Gasteiger partial charge in [0.05, 0.1) is 12.0 Å². The average Bonchev–Trinajstić information content (AvgIpc) is 2.85. The zero-order valence-electron chi connectivity index (χ0n) is 12.4. The predicted molar refractivity (Wildman–Crippen MR) is 77.8 cm³/mol. The Hall–Kier alpha value is -1.39. The van der Waals surface area contributed by atoms with Gasteiger partial charge in [-0.25, -0.2) is 0 Å². The molecule has 0 saturated carbocycles. The summed E-state index contributed by atoms with van der Waals surface area (Å²) in [5.74, 6) is -1.24. The number of benzene rings is 1. The van der Waals surface area contributed by atoms with E-state index < -0.39 is 11.9 Å². The van der Waals surface area contributed by atoms with Crippen molar-refractivity contribution in [3.05, 3.63) is 35.4 Å². The number of nitrogens with zero attached hydrogens (tertiary/aromatic N) is 1. The van der Waals surface area contributed by atoms with Crippen LogP contribution in [0.1, 0.15) is 37.3 Å². The lowest BCUT2D eigenvalue weighted by atomic mass is 10.00. The van der Waals surface area contributed by atoms with Gasteiger partial charge in [0.25, 0.3) is 0 Å². The van der Waals surface area contributed by atoms with E-state index in [0.29, 0.717) is 6.04 Å². The highest BCUT2D eigenvalue weighted by atomic mass is 16.5. The Bertz CT molecular complexity index is 457. The Labute approximate surface area is 120 Å². The van der Waals surface area contributed by atoms with Gasteiger partial charge >= 0.3 is 5.97 Å². The molecule has 4 heteroatoms. The molecule has 1 aliphatic rings. The van der Waals surface area contributed by atoms with E-state index in [-0.39, 0.29) is 6.10 Å². The van der Waals surface area contributed by atoms with E-state index in [1.54, 1.807) is 6.92 Å². The first-order chi connectivity index (χ1) is 9.49. The second-order valence-electron chi connectivity index (χ2n) is 5.65. The van der Waals surface area contributed by atoms with Crippen LogP contribution in [-0.4, -0.2) is 41.8 Å². The Morgan fingerprint density at radius 3 is 2.60 bits per heavy atom. The van der Waals surface area contributed by atoms with Gasteiger partial charge in [-0.3, -0.25) is 9.69 Å². The third-order valence-electron chi connectivity index (χ3n) is 4.18. The number of hydrogen-bond acceptors (Lipinski definition) is 3. The van der Waals surface area contributed by atoms with E-state index in [2.05, 4.69) is 18.9 Å². The minimum atomic E-state index is -0.785. The first kappa shape index (κ1) is 15.0. The normalized spacial score (nSPS) is 24.0. The fourth-order valence-electron chi connectivity index (χ4n) is 2.76. The fourth-order valence-corrected chi connectivity index (χ4v) is 2.76. The Kier molecular flexibility index (Phi) is 4.78. The Morgan fingerprint density at radius 1 is 1.45 bits per heavy atom. The summed E-state index contributed by atoms with van der Waals surface area (Å²) in [7, 11) is 2.11. The third kappa shape index (κ3) is 3.38. The third-order valence-corrected chi connectivity index (χ3v) is 4.18. The summed E-state index contributed by atoms with van der Waals surface area (Å²) in [4.78, 5) is 13.3. The highest BCUT2D eigenvalue weighted by Gasteiger charge is 2.27. The van der Waals surface area contributed by atoms with Crippen LogP contribution in [0.2, 0.25) is 0 Å². The highest BCUT2D eigenvalue weighted by molar-refractivity contribution is 5.75. The van der Waals surface area contributed by atoms with Crippen LogP contribution < -0.4 is 0 Å². The summed E-state index contributed by atoms with van der Waals surface area (Å²) in [6, 6.07) is 8.33. The summed E-state index contributed by atoms with van der Waals surface area (Å²) >= 11 is 0. The van der Waals surface area contributed by atoms with E-state index in [9.17, 15) is 4.79 Å². The Morgan fingerprint density at radius 2 is 2.10 bits per heavy atom. The number of carbonyl (C=O) groups is 1. The standard InChI is InChI=1S/C16H23NO3/c1-11(16(18)19)14-6-4-13(5-7-14)10-17(3)15-8-9-20-12(15)2/h4-7,11-12,15H,8-10H2,1-3H3,(H,18,19). The molecule has 20 heavy (non-hydrogen) atoms. The number of likely N-dealkylation sites (N-methyl/N-ethyl adjacent to an activating group) is 1. The first-order valence-electron chi connectivity index (χ1n) is 7.12. The first-order valence-corrected chi connectivity index (χ1v) is 7.12. The summed E-state index contributed by atoms with van der Waals surface area (Å²) in [6.07, 6.45) is 1.36. The molecule has 1 aromatic rings. The fraction of sp³-hybridized carbons (Fsp3) is 0.562. The summed E-state index contributed by atoms with van der Waals surface area (Å²) < 4.78 is 5.59. The molecule has 1 fully saturated rings. The van der Waals surface area contributed by atoms with Crippen molar-refractivity contribution in [2.75, 3.05) is 13.7 Å². The van der Waals surface area contributed by atoms with Gasteiger partial charge < -0.3 is 9.84 Å². The summed E-state index contributed by atoms with van der Waals surface area (Å²) in [6.45, 7) is 5.53. The van der Waals surface area contributed by atoms with Crippen LogP contribution in [-0.2, 0) is 16.1 Å². The molecule has 2 rings (SSSR count).